The number of aliphatic hydroxyl groups excluding tert-OH is 3. The van der Waals surface area contributed by atoms with Gasteiger partial charge in [0.15, 0.2) is 28.9 Å². The molecule has 12 heteroatoms. The molecular weight excluding hydrogens is 398 g/mol. The molecule has 1 saturated heterocycles. The van der Waals surface area contributed by atoms with Gasteiger partial charge in [0.1, 0.15) is 24.9 Å². The quantitative estimate of drug-likeness (QED) is 0.415. The van der Waals surface area contributed by atoms with Crippen molar-refractivity contribution in [1.82, 2.24) is 19.5 Å². The van der Waals surface area contributed by atoms with Gasteiger partial charge >= 0.3 is 0 Å². The SMILES string of the molecule is Nc1nc(OCc2ccc3c(c2)OCO3)c2ncn([C@@H]3O[C@H](CO)[C@@H](O)[C@H]3O)c2n1. The van der Waals surface area contributed by atoms with Crippen LogP contribution >= 0.6 is 0 Å². The van der Waals surface area contributed by atoms with Crippen molar-refractivity contribution in [1.29, 1.82) is 0 Å². The number of anilines is 1. The summed E-state index contributed by atoms with van der Waals surface area (Å²) >= 11 is 0. The zero-order chi connectivity index (χ0) is 20.8. The average molecular weight is 417 g/mol. The molecule has 1 fully saturated rings. The highest BCUT2D eigenvalue weighted by Crippen LogP contribution is 2.34. The third-order valence-corrected chi connectivity index (χ3v) is 5.01. The molecule has 12 nitrogen and oxygen atoms in total. The van der Waals surface area contributed by atoms with Crippen LogP contribution in [0.5, 0.6) is 17.4 Å². The van der Waals surface area contributed by atoms with Crippen LogP contribution in [0.1, 0.15) is 11.8 Å². The van der Waals surface area contributed by atoms with Crippen molar-refractivity contribution >= 4 is 17.1 Å². The summed E-state index contributed by atoms with van der Waals surface area (Å²) in [6, 6.07) is 5.44. The lowest BCUT2D eigenvalue weighted by molar-refractivity contribution is -0.0511. The Morgan fingerprint density at radius 1 is 1.17 bits per heavy atom. The van der Waals surface area contributed by atoms with Gasteiger partial charge in [0, 0.05) is 0 Å². The van der Waals surface area contributed by atoms with E-state index in [0.717, 1.165) is 5.56 Å². The zero-order valence-corrected chi connectivity index (χ0v) is 15.6. The number of imidazole rings is 1. The summed E-state index contributed by atoms with van der Waals surface area (Å²) in [6.07, 6.45) is -3.08. The first-order valence-corrected chi connectivity index (χ1v) is 9.19. The number of fused-ring (bicyclic) bond motifs is 2. The maximum atomic E-state index is 10.3. The zero-order valence-electron chi connectivity index (χ0n) is 15.6. The summed E-state index contributed by atoms with van der Waals surface area (Å²) < 4.78 is 23.4. The van der Waals surface area contributed by atoms with Crippen LogP contribution in [0.3, 0.4) is 0 Å². The highest BCUT2D eigenvalue weighted by atomic mass is 16.7. The van der Waals surface area contributed by atoms with Gasteiger partial charge in [0.25, 0.3) is 0 Å². The Labute approximate surface area is 169 Å². The summed E-state index contributed by atoms with van der Waals surface area (Å²) in [5.74, 6) is 1.40. The van der Waals surface area contributed by atoms with Gasteiger partial charge in [-0.15, -0.1) is 0 Å². The van der Waals surface area contributed by atoms with E-state index in [0.29, 0.717) is 17.0 Å². The normalized spacial score (nSPS) is 25.2. The maximum Gasteiger partial charge on any atom is 0.247 e. The van der Waals surface area contributed by atoms with Crippen LogP contribution in [0.15, 0.2) is 24.5 Å². The molecule has 0 radical (unpaired) electrons. The molecule has 0 spiro atoms. The van der Waals surface area contributed by atoms with Gasteiger partial charge in [-0.3, -0.25) is 4.57 Å². The molecule has 0 bridgehead atoms. The van der Waals surface area contributed by atoms with Crippen LogP contribution in [0.25, 0.3) is 11.2 Å². The molecule has 158 valence electrons. The molecule has 2 aliphatic heterocycles. The number of nitrogens with zero attached hydrogens (tertiary/aromatic N) is 4. The number of nitrogen functional groups attached to an aromatic ring is 1. The van der Waals surface area contributed by atoms with E-state index in [-0.39, 0.29) is 30.9 Å². The van der Waals surface area contributed by atoms with Crippen molar-refractivity contribution in [2.75, 3.05) is 19.1 Å². The molecule has 1 aromatic carbocycles. The first-order chi connectivity index (χ1) is 14.5. The topological polar surface area (TPSA) is 167 Å². The minimum absolute atomic E-state index is 0.0586. The van der Waals surface area contributed by atoms with Gasteiger partial charge in [-0.1, -0.05) is 6.07 Å². The van der Waals surface area contributed by atoms with Gasteiger partial charge in [-0.25, -0.2) is 4.98 Å². The molecule has 4 atom stereocenters. The van der Waals surface area contributed by atoms with E-state index in [1.165, 1.54) is 10.9 Å². The van der Waals surface area contributed by atoms with Crippen molar-refractivity contribution in [3.05, 3.63) is 30.1 Å². The van der Waals surface area contributed by atoms with Crippen LogP contribution in [0.4, 0.5) is 5.95 Å². The van der Waals surface area contributed by atoms with E-state index < -0.39 is 31.1 Å². The predicted octanol–water partition coefficient (Wildman–Crippen LogP) is -0.672. The molecule has 5 N–H and O–H groups in total. The second kappa shape index (κ2) is 7.25. The smallest absolute Gasteiger partial charge is 0.247 e. The molecule has 2 aromatic heterocycles. The molecular formula is C18H19N5O7. The molecule has 30 heavy (non-hydrogen) atoms. The number of aliphatic hydroxyl groups is 3. The monoisotopic (exact) mass is 417 g/mol. The lowest BCUT2D eigenvalue weighted by Crippen LogP contribution is -2.33. The van der Waals surface area contributed by atoms with Crippen molar-refractivity contribution in [2.45, 2.75) is 31.1 Å². The standard InChI is InChI=1S/C18H19N5O7/c19-18-21-15-12(20-6-23(15)17-14(26)13(25)11(4-24)30-17)16(22-18)27-5-8-1-2-9-10(3-8)29-7-28-9/h1-3,6,11,13-14,17,24-26H,4-5,7H2,(H2,19,21,22)/t11-,13-,14-,17-/m1/s1. The minimum atomic E-state index is -1.28. The van der Waals surface area contributed by atoms with Crippen LogP contribution in [0.2, 0.25) is 0 Å². The molecule has 4 heterocycles. The minimum Gasteiger partial charge on any atom is -0.471 e. The number of hydrogen-bond acceptors (Lipinski definition) is 11. The molecule has 5 rings (SSSR count). The Balaban J connectivity index is 1.43. The third-order valence-electron chi connectivity index (χ3n) is 5.01. The van der Waals surface area contributed by atoms with Crippen LogP contribution in [0, 0.1) is 0 Å². The van der Waals surface area contributed by atoms with Crippen LogP contribution in [-0.4, -0.2) is 66.6 Å². The molecule has 3 aromatic rings. The Kier molecular flexibility index (Phi) is 4.55. The van der Waals surface area contributed by atoms with Crippen LogP contribution < -0.4 is 19.9 Å². The van der Waals surface area contributed by atoms with E-state index in [1.54, 1.807) is 6.07 Å². The van der Waals surface area contributed by atoms with Gasteiger partial charge in [0.2, 0.25) is 18.6 Å². The number of rotatable bonds is 5. The average Bonchev–Trinajstić information content (AvgIpc) is 3.44. The molecule has 2 aliphatic rings. The van der Waals surface area contributed by atoms with Crippen molar-refractivity contribution in [3.63, 3.8) is 0 Å². The Bertz CT molecular complexity index is 1090. The Morgan fingerprint density at radius 2 is 2.00 bits per heavy atom. The maximum absolute atomic E-state index is 10.3. The van der Waals surface area contributed by atoms with Gasteiger partial charge in [-0.05, 0) is 17.7 Å². The summed E-state index contributed by atoms with van der Waals surface area (Å²) in [5.41, 5.74) is 7.23. The van der Waals surface area contributed by atoms with Crippen molar-refractivity contribution in [3.8, 4) is 17.4 Å². The first kappa shape index (κ1) is 18.8. The molecule has 0 aliphatic carbocycles. The van der Waals surface area contributed by atoms with Gasteiger partial charge < -0.3 is 40.0 Å². The largest absolute Gasteiger partial charge is 0.471 e. The van der Waals surface area contributed by atoms with E-state index in [9.17, 15) is 15.3 Å². The van der Waals surface area contributed by atoms with E-state index in [2.05, 4.69) is 15.0 Å². The lowest BCUT2D eigenvalue weighted by Gasteiger charge is -2.16. The summed E-state index contributed by atoms with van der Waals surface area (Å²) in [7, 11) is 0. The van der Waals surface area contributed by atoms with Crippen molar-refractivity contribution in [2.24, 2.45) is 0 Å². The summed E-state index contributed by atoms with van der Waals surface area (Å²) in [4.78, 5) is 12.5. The number of hydrogen-bond donors (Lipinski definition) is 4. The molecule has 0 saturated carbocycles. The predicted molar refractivity (Wildman–Crippen MR) is 99.6 cm³/mol. The Hall–Kier alpha value is -3.19. The van der Waals surface area contributed by atoms with Gasteiger partial charge in [-0.2, -0.15) is 9.97 Å². The van der Waals surface area contributed by atoms with Gasteiger partial charge in [0.05, 0.1) is 12.9 Å². The number of nitrogens with two attached hydrogens (primary N) is 1. The second-order valence-corrected chi connectivity index (χ2v) is 6.92. The first-order valence-electron chi connectivity index (χ1n) is 9.19. The second-order valence-electron chi connectivity index (χ2n) is 6.92. The highest BCUT2D eigenvalue weighted by Gasteiger charge is 2.44. The summed E-state index contributed by atoms with van der Waals surface area (Å²) in [6.45, 7) is -0.0909. The molecule has 0 amide bonds. The fourth-order valence-corrected chi connectivity index (χ4v) is 3.49. The summed E-state index contributed by atoms with van der Waals surface area (Å²) in [5, 5.41) is 29.6. The van der Waals surface area contributed by atoms with Crippen molar-refractivity contribution < 1.29 is 34.3 Å². The molecule has 0 unspecified atom stereocenters. The Morgan fingerprint density at radius 3 is 2.80 bits per heavy atom. The third kappa shape index (κ3) is 3.06. The van der Waals surface area contributed by atoms with Crippen LogP contribution in [-0.2, 0) is 11.3 Å². The van der Waals surface area contributed by atoms with E-state index in [1.807, 2.05) is 12.1 Å². The lowest BCUT2D eigenvalue weighted by atomic mass is 10.1. The van der Waals surface area contributed by atoms with E-state index in [4.69, 9.17) is 24.7 Å². The fraction of sp³-hybridized carbons (Fsp3) is 0.389. The fourth-order valence-electron chi connectivity index (χ4n) is 3.49. The number of ether oxygens (including phenoxy) is 4. The number of aromatic nitrogens is 4. The highest BCUT2D eigenvalue weighted by molar-refractivity contribution is 5.77. The number of benzene rings is 1. The van der Waals surface area contributed by atoms with E-state index >= 15 is 0 Å².